The number of carbonyl (C=O) groups excluding carboxylic acids is 1. The highest BCUT2D eigenvalue weighted by molar-refractivity contribution is 5.91. The molecule has 0 amide bonds. The molecule has 4 nitrogen and oxygen atoms in total. The Bertz CT molecular complexity index is 968. The maximum absolute atomic E-state index is 12.3. The van der Waals surface area contributed by atoms with Crippen LogP contribution in [0, 0.1) is 6.92 Å². The van der Waals surface area contributed by atoms with Crippen LogP contribution < -0.4 is 4.90 Å². The van der Waals surface area contributed by atoms with Crippen molar-refractivity contribution in [3.05, 3.63) is 71.3 Å². The number of fused-ring (bicyclic) bond motifs is 2. The first kappa shape index (κ1) is 19.9. The molecule has 1 aliphatic heterocycles. The number of aromatic nitrogens is 1. The van der Waals surface area contributed by atoms with Crippen LogP contribution >= 0.6 is 0 Å². The highest BCUT2D eigenvalue weighted by Crippen LogP contribution is 2.23. The molecule has 0 N–H and O–H groups in total. The minimum Gasteiger partial charge on any atom is -0.462 e. The first-order valence-electron chi connectivity index (χ1n) is 9.59. The van der Waals surface area contributed by atoms with Crippen molar-refractivity contribution in [2.45, 2.75) is 33.6 Å². The highest BCUT2D eigenvalue weighted by Gasteiger charge is 2.16. The molecule has 1 aliphatic rings. The first-order chi connectivity index (χ1) is 13.2. The third kappa shape index (κ3) is 4.16. The fourth-order valence-corrected chi connectivity index (χ4v) is 3.73. The van der Waals surface area contributed by atoms with Crippen LogP contribution in [0.4, 0.5) is 5.82 Å². The van der Waals surface area contributed by atoms with Crippen molar-refractivity contribution in [2.24, 2.45) is 0 Å². The maximum Gasteiger partial charge on any atom is 0.338 e. The van der Waals surface area contributed by atoms with Gasteiger partial charge in [0, 0.05) is 18.5 Å². The Hall–Kier alpha value is -2.88. The van der Waals surface area contributed by atoms with Crippen LogP contribution in [0.3, 0.4) is 0 Å². The average molecular weight is 377 g/mol. The van der Waals surface area contributed by atoms with Gasteiger partial charge < -0.3 is 9.64 Å². The molecule has 0 saturated heterocycles. The lowest BCUT2D eigenvalue weighted by Gasteiger charge is -2.24. The van der Waals surface area contributed by atoms with Gasteiger partial charge in [0.15, 0.2) is 0 Å². The molecular formula is C24H28N2O2. The molecule has 0 fully saturated rings. The molecule has 0 unspecified atom stereocenters. The molecule has 0 radical (unpaired) electrons. The first-order valence-corrected chi connectivity index (χ1v) is 9.59. The Labute approximate surface area is 167 Å². The van der Waals surface area contributed by atoms with Crippen molar-refractivity contribution in [1.29, 1.82) is 0 Å². The lowest BCUT2D eigenvalue weighted by molar-refractivity contribution is 0.0501. The minimum absolute atomic E-state index is 0. The van der Waals surface area contributed by atoms with Gasteiger partial charge in [0.2, 0.25) is 0 Å². The third-order valence-electron chi connectivity index (χ3n) is 5.15. The highest BCUT2D eigenvalue weighted by atomic mass is 16.5. The topological polar surface area (TPSA) is 42.4 Å². The van der Waals surface area contributed by atoms with Gasteiger partial charge in [0.05, 0.1) is 17.7 Å². The van der Waals surface area contributed by atoms with E-state index in [1.165, 1.54) is 10.9 Å². The molecule has 4 heteroatoms. The number of ether oxygens (including phenoxy) is 1. The van der Waals surface area contributed by atoms with E-state index in [0.29, 0.717) is 12.2 Å². The van der Waals surface area contributed by atoms with E-state index in [2.05, 4.69) is 36.1 Å². The summed E-state index contributed by atoms with van der Waals surface area (Å²) in [5, 5.41) is 1.20. The molecule has 1 aromatic heterocycles. The molecule has 3 aromatic rings. The van der Waals surface area contributed by atoms with Crippen LogP contribution in [0.1, 0.15) is 41.8 Å². The fourth-order valence-electron chi connectivity index (χ4n) is 3.73. The molecule has 4 rings (SSSR count). The molecule has 2 heterocycles. The van der Waals surface area contributed by atoms with Gasteiger partial charge in [-0.3, -0.25) is 0 Å². The van der Waals surface area contributed by atoms with Crippen molar-refractivity contribution in [2.75, 3.05) is 24.6 Å². The number of aryl methyl sites for hydroxylation is 2. The quantitative estimate of drug-likeness (QED) is 0.549. The number of rotatable bonds is 1. The summed E-state index contributed by atoms with van der Waals surface area (Å²) in [6, 6.07) is 18.2. The molecule has 0 bridgehead atoms. The van der Waals surface area contributed by atoms with Crippen molar-refractivity contribution < 1.29 is 9.53 Å². The summed E-state index contributed by atoms with van der Waals surface area (Å²) < 4.78 is 5.49. The second kappa shape index (κ2) is 8.87. The maximum atomic E-state index is 12.3. The van der Waals surface area contributed by atoms with Gasteiger partial charge >= 0.3 is 5.97 Å². The van der Waals surface area contributed by atoms with Crippen molar-refractivity contribution >= 4 is 22.7 Å². The molecule has 0 aliphatic carbocycles. The third-order valence-corrected chi connectivity index (χ3v) is 5.15. The summed E-state index contributed by atoms with van der Waals surface area (Å²) in [5.74, 6) is 0.795. The smallest absolute Gasteiger partial charge is 0.338 e. The summed E-state index contributed by atoms with van der Waals surface area (Å²) in [4.78, 5) is 19.5. The average Bonchev–Trinajstić information content (AvgIpc) is 2.73. The lowest BCUT2D eigenvalue weighted by atomic mass is 10.0. The summed E-state index contributed by atoms with van der Waals surface area (Å²) in [5.41, 5.74) is 4.03. The number of nitrogens with zero attached hydrogens (tertiary/aromatic N) is 2. The zero-order valence-corrected chi connectivity index (χ0v) is 15.6. The van der Waals surface area contributed by atoms with E-state index in [-0.39, 0.29) is 13.4 Å². The predicted octanol–water partition coefficient (Wildman–Crippen LogP) is 5.18. The number of para-hydroxylation sites is 1. The van der Waals surface area contributed by atoms with Crippen LogP contribution in [0.15, 0.2) is 54.6 Å². The zero-order valence-electron chi connectivity index (χ0n) is 15.6. The second-order valence-electron chi connectivity index (χ2n) is 7.05. The normalized spacial score (nSPS) is 15.2. The molecular weight excluding hydrogens is 348 g/mol. The summed E-state index contributed by atoms with van der Waals surface area (Å²) in [6.45, 7) is 4.30. The van der Waals surface area contributed by atoms with Crippen LogP contribution in [0.25, 0.3) is 10.9 Å². The number of hydrogen-bond acceptors (Lipinski definition) is 4. The second-order valence-corrected chi connectivity index (χ2v) is 7.05. The Balaban J connectivity index is 0.00000225. The SMILES string of the molecule is C.Cc1cc(N2CCCOC(=O)c3ccccc3CCC2)nc2ccccc12. The van der Waals surface area contributed by atoms with E-state index in [1.54, 1.807) is 0 Å². The standard InChI is InChI=1S/C23H24N2O2.CH4/c1-17-16-22(24-21-12-5-4-10-19(17)21)25-13-6-9-18-8-2-3-11-20(18)23(26)27-15-7-14-25;/h2-5,8,10-12,16H,6-7,9,13-15H2,1H3;1H4. The number of hydrogen-bond donors (Lipinski definition) is 0. The van der Waals surface area contributed by atoms with Crippen LogP contribution in [-0.2, 0) is 11.2 Å². The van der Waals surface area contributed by atoms with E-state index in [4.69, 9.17) is 9.72 Å². The Morgan fingerprint density at radius 1 is 1.00 bits per heavy atom. The van der Waals surface area contributed by atoms with Gasteiger partial charge in [-0.25, -0.2) is 9.78 Å². The van der Waals surface area contributed by atoms with Gasteiger partial charge in [0.1, 0.15) is 5.82 Å². The zero-order chi connectivity index (χ0) is 18.6. The largest absolute Gasteiger partial charge is 0.462 e. The van der Waals surface area contributed by atoms with E-state index in [1.807, 2.05) is 30.3 Å². The predicted molar refractivity (Wildman–Crippen MR) is 115 cm³/mol. The van der Waals surface area contributed by atoms with Crippen LogP contribution in [0.2, 0.25) is 0 Å². The van der Waals surface area contributed by atoms with Gasteiger partial charge in [-0.15, -0.1) is 0 Å². The van der Waals surface area contributed by atoms with E-state index >= 15 is 0 Å². The fraction of sp³-hybridized carbons (Fsp3) is 0.333. The van der Waals surface area contributed by atoms with Gasteiger partial charge in [-0.1, -0.05) is 43.8 Å². The number of carbonyl (C=O) groups is 1. The number of cyclic esters (lactones) is 1. The molecule has 2 aromatic carbocycles. The Morgan fingerprint density at radius 2 is 1.75 bits per heavy atom. The number of esters is 1. The van der Waals surface area contributed by atoms with Gasteiger partial charge in [-0.2, -0.15) is 0 Å². The summed E-state index contributed by atoms with van der Waals surface area (Å²) >= 11 is 0. The van der Waals surface area contributed by atoms with Gasteiger partial charge in [-0.05, 0) is 55.5 Å². The summed E-state index contributed by atoms with van der Waals surface area (Å²) in [6.07, 6.45) is 2.62. The van der Waals surface area contributed by atoms with Crippen molar-refractivity contribution in [1.82, 2.24) is 4.98 Å². The summed E-state index contributed by atoms with van der Waals surface area (Å²) in [7, 11) is 0. The number of pyridine rings is 1. The monoisotopic (exact) mass is 376 g/mol. The van der Waals surface area contributed by atoms with Gasteiger partial charge in [0.25, 0.3) is 0 Å². The molecule has 28 heavy (non-hydrogen) atoms. The molecule has 146 valence electrons. The lowest BCUT2D eigenvalue weighted by Crippen LogP contribution is -2.27. The van der Waals surface area contributed by atoms with E-state index in [9.17, 15) is 4.79 Å². The van der Waals surface area contributed by atoms with Crippen molar-refractivity contribution in [3.8, 4) is 0 Å². The molecule has 0 saturated carbocycles. The van der Waals surface area contributed by atoms with E-state index < -0.39 is 0 Å². The Kier molecular flexibility index (Phi) is 6.30. The number of benzene rings is 2. The Morgan fingerprint density at radius 3 is 2.64 bits per heavy atom. The van der Waals surface area contributed by atoms with Crippen LogP contribution in [0.5, 0.6) is 0 Å². The van der Waals surface area contributed by atoms with E-state index in [0.717, 1.165) is 49.2 Å². The molecule has 0 atom stereocenters. The van der Waals surface area contributed by atoms with Crippen LogP contribution in [-0.4, -0.2) is 30.6 Å². The number of anilines is 1. The van der Waals surface area contributed by atoms with Crippen molar-refractivity contribution in [3.63, 3.8) is 0 Å². The minimum atomic E-state index is -0.210. The molecule has 0 spiro atoms.